The highest BCUT2D eigenvalue weighted by Gasteiger charge is 2.56. The van der Waals surface area contributed by atoms with Crippen LogP contribution in [-0.2, 0) is 16.9 Å². The molecule has 10 heteroatoms. The minimum atomic E-state index is -4.94. The van der Waals surface area contributed by atoms with Crippen molar-refractivity contribution in [2.75, 3.05) is 32.8 Å². The van der Waals surface area contributed by atoms with Gasteiger partial charge in [-0.1, -0.05) is 30.3 Å². The molecule has 1 saturated heterocycles. The predicted octanol–water partition coefficient (Wildman–Crippen LogP) is 4.07. The van der Waals surface area contributed by atoms with E-state index >= 15 is 0 Å². The van der Waals surface area contributed by atoms with Crippen molar-refractivity contribution < 1.29 is 27.9 Å². The molecule has 1 aliphatic rings. The van der Waals surface area contributed by atoms with E-state index < -0.39 is 23.1 Å². The van der Waals surface area contributed by atoms with Gasteiger partial charge >= 0.3 is 6.18 Å². The fourth-order valence-electron chi connectivity index (χ4n) is 4.21. The first-order chi connectivity index (χ1) is 15.7. The Morgan fingerprint density at radius 3 is 2.42 bits per heavy atom. The number of morpholine rings is 1. The Kier molecular flexibility index (Phi) is 6.42. The summed E-state index contributed by atoms with van der Waals surface area (Å²) >= 11 is 0. The molecule has 1 unspecified atom stereocenters. The van der Waals surface area contributed by atoms with E-state index in [1.54, 1.807) is 12.1 Å². The molecule has 0 bridgehead atoms. The zero-order valence-corrected chi connectivity index (χ0v) is 17.8. The number of hydrogen-bond donors (Lipinski definition) is 1. The Bertz CT molecular complexity index is 1130. The van der Waals surface area contributed by atoms with E-state index in [0.29, 0.717) is 26.3 Å². The molecule has 0 radical (unpaired) electrons. The lowest BCUT2D eigenvalue weighted by Crippen LogP contribution is -2.46. The average Bonchev–Trinajstić information content (AvgIpc) is 3.16. The monoisotopic (exact) mass is 463 g/mol. The van der Waals surface area contributed by atoms with Crippen LogP contribution in [-0.4, -0.2) is 58.5 Å². The normalized spacial score (nSPS) is 17.2. The molecule has 176 valence electrons. The third-order valence-corrected chi connectivity index (χ3v) is 6.08. The third-order valence-electron chi connectivity index (χ3n) is 6.08. The van der Waals surface area contributed by atoms with Crippen LogP contribution < -0.4 is 0 Å². The number of rotatable bonds is 7. The maximum absolute atomic E-state index is 14.3. The largest absolute Gasteiger partial charge is 0.421 e. The Morgan fingerprint density at radius 2 is 1.79 bits per heavy atom. The highest BCUT2D eigenvalue weighted by Crippen LogP contribution is 2.45. The van der Waals surface area contributed by atoms with E-state index in [1.807, 2.05) is 23.1 Å². The fraction of sp³-hybridized carbons (Fsp3) is 0.391. The molecule has 0 spiro atoms. The molecule has 0 saturated carbocycles. The number of benzene rings is 2. The van der Waals surface area contributed by atoms with Crippen LogP contribution in [0.5, 0.6) is 0 Å². The second-order valence-corrected chi connectivity index (χ2v) is 8.18. The number of non-ortho nitro benzene ring substituents is 1. The predicted molar refractivity (Wildman–Crippen MR) is 116 cm³/mol. The highest BCUT2D eigenvalue weighted by atomic mass is 19.4. The Hall–Kier alpha value is -2.95. The van der Waals surface area contributed by atoms with Gasteiger partial charge in [0.15, 0.2) is 5.60 Å². The highest BCUT2D eigenvalue weighted by molar-refractivity contribution is 5.87. The van der Waals surface area contributed by atoms with Crippen molar-refractivity contribution in [2.45, 2.75) is 24.7 Å². The van der Waals surface area contributed by atoms with Crippen LogP contribution in [0.15, 0.2) is 54.7 Å². The minimum Gasteiger partial charge on any atom is -0.379 e. The van der Waals surface area contributed by atoms with Gasteiger partial charge in [-0.3, -0.25) is 15.0 Å². The number of nitro benzene ring substituents is 1. The molecule has 4 rings (SSSR count). The molecule has 1 aromatic heterocycles. The van der Waals surface area contributed by atoms with Gasteiger partial charge in [0.2, 0.25) is 0 Å². The quantitative estimate of drug-likeness (QED) is 0.422. The van der Waals surface area contributed by atoms with Gasteiger partial charge in [0.1, 0.15) is 0 Å². The van der Waals surface area contributed by atoms with E-state index in [0.717, 1.165) is 11.6 Å². The number of aliphatic hydroxyl groups is 1. The van der Waals surface area contributed by atoms with E-state index in [2.05, 4.69) is 0 Å². The molecule has 1 fully saturated rings. The smallest absolute Gasteiger partial charge is 0.379 e. The van der Waals surface area contributed by atoms with Crippen LogP contribution in [0.2, 0.25) is 0 Å². The van der Waals surface area contributed by atoms with Gasteiger partial charge in [-0.05, 0) is 11.6 Å². The molecular weight excluding hydrogens is 439 g/mol. The van der Waals surface area contributed by atoms with Gasteiger partial charge in [-0.2, -0.15) is 13.2 Å². The zero-order chi connectivity index (χ0) is 23.6. The summed E-state index contributed by atoms with van der Waals surface area (Å²) in [5, 5.41) is 22.5. The lowest BCUT2D eigenvalue weighted by atomic mass is 9.89. The zero-order valence-electron chi connectivity index (χ0n) is 17.8. The average molecular weight is 463 g/mol. The third kappa shape index (κ3) is 4.73. The molecule has 1 atom stereocenters. The van der Waals surface area contributed by atoms with Crippen LogP contribution >= 0.6 is 0 Å². The van der Waals surface area contributed by atoms with Crippen molar-refractivity contribution in [3.8, 4) is 0 Å². The van der Waals surface area contributed by atoms with Crippen LogP contribution in [0, 0.1) is 10.1 Å². The van der Waals surface area contributed by atoms with Gasteiger partial charge in [-0.15, -0.1) is 0 Å². The second kappa shape index (κ2) is 9.12. The summed E-state index contributed by atoms with van der Waals surface area (Å²) in [6, 6.07) is 12.8. The number of halogens is 3. The van der Waals surface area contributed by atoms with Crippen molar-refractivity contribution >= 4 is 16.6 Å². The van der Waals surface area contributed by atoms with E-state index in [4.69, 9.17) is 4.74 Å². The van der Waals surface area contributed by atoms with Crippen LogP contribution in [0.25, 0.3) is 10.9 Å². The summed E-state index contributed by atoms with van der Waals surface area (Å²) in [5.41, 5.74) is -2.57. The molecule has 3 aromatic rings. The number of nitro groups is 1. The van der Waals surface area contributed by atoms with Crippen LogP contribution in [0.3, 0.4) is 0 Å². The molecule has 7 nitrogen and oxygen atoms in total. The molecule has 2 heterocycles. The summed E-state index contributed by atoms with van der Waals surface area (Å²) in [7, 11) is 0. The molecular formula is C23H24F3N3O4. The number of nitrogens with zero attached hydrogens (tertiary/aromatic N) is 3. The number of ether oxygens (including phenoxy) is 1. The maximum atomic E-state index is 14.3. The van der Waals surface area contributed by atoms with Crippen LogP contribution in [0.4, 0.5) is 18.9 Å². The van der Waals surface area contributed by atoms with E-state index in [-0.39, 0.29) is 35.2 Å². The molecule has 2 aromatic carbocycles. The summed E-state index contributed by atoms with van der Waals surface area (Å²) in [6.07, 6.45) is -4.22. The Morgan fingerprint density at radius 1 is 1.09 bits per heavy atom. The SMILES string of the molecule is O=[N+]([O-])c1ccc2c(C(O)(CCN3CCOCC3)C(F)(F)F)cn(Cc3ccccc3)c2c1. The number of aromatic nitrogens is 1. The van der Waals surface area contributed by atoms with Gasteiger partial charge < -0.3 is 14.4 Å². The molecule has 0 amide bonds. The first kappa shape index (κ1) is 23.2. The van der Waals surface area contributed by atoms with Crippen molar-refractivity contribution in [1.29, 1.82) is 0 Å². The lowest BCUT2D eigenvalue weighted by Gasteiger charge is -2.34. The summed E-state index contributed by atoms with van der Waals surface area (Å²) in [6.45, 7) is 2.11. The van der Waals surface area contributed by atoms with Crippen molar-refractivity contribution in [1.82, 2.24) is 9.47 Å². The first-order valence-corrected chi connectivity index (χ1v) is 10.6. The summed E-state index contributed by atoms with van der Waals surface area (Å²) in [4.78, 5) is 12.5. The topological polar surface area (TPSA) is 80.8 Å². The van der Waals surface area contributed by atoms with Crippen molar-refractivity contribution in [2.24, 2.45) is 0 Å². The standard InChI is InChI=1S/C23H24F3N3O4/c24-23(25,26)22(30,8-9-27-10-12-33-13-11-27)20-16-28(15-17-4-2-1-3-5-17)21-14-18(29(31)32)6-7-19(20)21/h1-7,14,16,30H,8-13,15H2. The van der Waals surface area contributed by atoms with E-state index in [9.17, 15) is 28.4 Å². The van der Waals surface area contributed by atoms with Crippen LogP contribution in [0.1, 0.15) is 17.5 Å². The second-order valence-electron chi connectivity index (χ2n) is 8.18. The minimum absolute atomic E-state index is 0.0394. The van der Waals surface area contributed by atoms with Gasteiger partial charge in [0.25, 0.3) is 5.69 Å². The summed E-state index contributed by atoms with van der Waals surface area (Å²) < 4.78 is 49.7. The van der Waals surface area contributed by atoms with Gasteiger partial charge in [0, 0.05) is 61.9 Å². The van der Waals surface area contributed by atoms with Crippen molar-refractivity contribution in [3.05, 3.63) is 76.0 Å². The van der Waals surface area contributed by atoms with Gasteiger partial charge in [-0.25, -0.2) is 0 Å². The number of fused-ring (bicyclic) bond motifs is 1. The Labute approximate surface area is 188 Å². The molecule has 1 aliphatic heterocycles. The molecule has 33 heavy (non-hydrogen) atoms. The lowest BCUT2D eigenvalue weighted by molar-refractivity contribution is -0.384. The molecule has 1 N–H and O–H groups in total. The van der Waals surface area contributed by atoms with Gasteiger partial charge in [0.05, 0.1) is 23.7 Å². The summed E-state index contributed by atoms with van der Waals surface area (Å²) in [5.74, 6) is 0. The first-order valence-electron chi connectivity index (χ1n) is 10.6. The van der Waals surface area contributed by atoms with E-state index in [1.165, 1.54) is 22.9 Å². The Balaban J connectivity index is 1.79. The number of hydrogen-bond acceptors (Lipinski definition) is 5. The number of alkyl halides is 3. The van der Waals surface area contributed by atoms with Crippen molar-refractivity contribution in [3.63, 3.8) is 0 Å². The maximum Gasteiger partial charge on any atom is 0.421 e. The molecule has 0 aliphatic carbocycles. The fourth-order valence-corrected chi connectivity index (χ4v) is 4.21.